The van der Waals surface area contributed by atoms with Gasteiger partial charge in [-0.15, -0.1) is 0 Å². The van der Waals surface area contributed by atoms with Crippen LogP contribution in [0.2, 0.25) is 0 Å². The number of likely N-dealkylation sites (N-methyl/N-ethyl adjacent to an activating group) is 1. The van der Waals surface area contributed by atoms with Crippen LogP contribution < -0.4 is 5.73 Å². The second-order valence-corrected chi connectivity index (χ2v) is 4.33. The van der Waals surface area contributed by atoms with Crippen LogP contribution in [0, 0.1) is 6.92 Å². The van der Waals surface area contributed by atoms with Gasteiger partial charge in [-0.1, -0.05) is 0 Å². The summed E-state index contributed by atoms with van der Waals surface area (Å²) in [5.41, 5.74) is 8.00. The molecule has 2 rings (SSSR count). The van der Waals surface area contributed by atoms with E-state index in [2.05, 4.69) is 5.10 Å². The van der Waals surface area contributed by atoms with Crippen molar-refractivity contribution >= 4 is 5.91 Å². The first-order valence-corrected chi connectivity index (χ1v) is 5.60. The first-order chi connectivity index (χ1) is 7.54. The lowest BCUT2D eigenvalue weighted by Gasteiger charge is -2.23. The highest BCUT2D eigenvalue weighted by atomic mass is 16.2. The Morgan fingerprint density at radius 2 is 2.31 bits per heavy atom. The van der Waals surface area contributed by atoms with Crippen molar-refractivity contribution < 1.29 is 4.79 Å². The Bertz CT molecular complexity index is 393. The quantitative estimate of drug-likeness (QED) is 0.785. The molecule has 1 aliphatic heterocycles. The number of carbonyl (C=O) groups excluding carboxylic acids is 1. The molecule has 1 saturated heterocycles. The molecule has 0 radical (unpaired) electrons. The monoisotopic (exact) mass is 222 g/mol. The Hall–Kier alpha value is -1.36. The third-order valence-corrected chi connectivity index (χ3v) is 3.25. The summed E-state index contributed by atoms with van der Waals surface area (Å²) >= 11 is 0. The summed E-state index contributed by atoms with van der Waals surface area (Å²) in [6.45, 7) is 4.65. The summed E-state index contributed by atoms with van der Waals surface area (Å²) < 4.78 is 1.82. The predicted molar refractivity (Wildman–Crippen MR) is 60.7 cm³/mol. The van der Waals surface area contributed by atoms with Crippen LogP contribution in [0.4, 0.5) is 0 Å². The third kappa shape index (κ3) is 1.61. The molecule has 2 atom stereocenters. The third-order valence-electron chi connectivity index (χ3n) is 3.25. The molecule has 0 saturated carbocycles. The summed E-state index contributed by atoms with van der Waals surface area (Å²) in [4.78, 5) is 13.5. The largest absolute Gasteiger partial charge is 0.333 e. The van der Waals surface area contributed by atoms with E-state index in [-0.39, 0.29) is 18.0 Å². The molecule has 1 aromatic heterocycles. The highest BCUT2D eigenvalue weighted by molar-refractivity contribution is 5.80. The Labute approximate surface area is 95.2 Å². The fourth-order valence-corrected chi connectivity index (χ4v) is 2.30. The van der Waals surface area contributed by atoms with Gasteiger partial charge in [-0.2, -0.15) is 5.10 Å². The Morgan fingerprint density at radius 1 is 1.62 bits per heavy atom. The van der Waals surface area contributed by atoms with E-state index in [1.165, 1.54) is 0 Å². The van der Waals surface area contributed by atoms with Crippen LogP contribution in [-0.4, -0.2) is 33.2 Å². The molecule has 0 spiro atoms. The molecule has 0 bridgehead atoms. The van der Waals surface area contributed by atoms with Gasteiger partial charge in [-0.05, 0) is 19.9 Å². The molecule has 16 heavy (non-hydrogen) atoms. The van der Waals surface area contributed by atoms with Crippen molar-refractivity contribution in [3.63, 3.8) is 0 Å². The van der Waals surface area contributed by atoms with Crippen LogP contribution >= 0.6 is 0 Å². The molecular formula is C11H18N4O. The van der Waals surface area contributed by atoms with E-state index in [9.17, 15) is 4.79 Å². The van der Waals surface area contributed by atoms with Gasteiger partial charge < -0.3 is 10.6 Å². The van der Waals surface area contributed by atoms with Gasteiger partial charge in [-0.25, -0.2) is 0 Å². The van der Waals surface area contributed by atoms with Crippen LogP contribution in [0.25, 0.3) is 0 Å². The highest BCUT2D eigenvalue weighted by Gasteiger charge is 2.39. The fourth-order valence-electron chi connectivity index (χ4n) is 2.30. The van der Waals surface area contributed by atoms with Crippen molar-refractivity contribution in [2.45, 2.75) is 32.4 Å². The van der Waals surface area contributed by atoms with E-state index in [1.807, 2.05) is 36.5 Å². The number of nitrogens with zero attached hydrogens (tertiary/aromatic N) is 3. The molecule has 1 fully saturated rings. The Balaban J connectivity index is 2.35. The minimum atomic E-state index is -0.137. The lowest BCUT2D eigenvalue weighted by atomic mass is 10.1. The van der Waals surface area contributed by atoms with Gasteiger partial charge in [0.15, 0.2) is 0 Å². The number of aryl methyl sites for hydroxylation is 2. The summed E-state index contributed by atoms with van der Waals surface area (Å²) in [7, 11) is 1.90. The van der Waals surface area contributed by atoms with Crippen LogP contribution in [0.15, 0.2) is 6.07 Å². The molecule has 1 amide bonds. The van der Waals surface area contributed by atoms with E-state index in [0.29, 0.717) is 13.0 Å². The number of carbonyl (C=O) groups is 1. The zero-order valence-electron chi connectivity index (χ0n) is 9.97. The van der Waals surface area contributed by atoms with Crippen LogP contribution in [0.3, 0.4) is 0 Å². The number of amides is 1. The summed E-state index contributed by atoms with van der Waals surface area (Å²) in [5, 5.41) is 4.42. The summed E-state index contributed by atoms with van der Waals surface area (Å²) in [6.07, 6.45) is 0.425. The lowest BCUT2D eigenvalue weighted by Crippen LogP contribution is -2.33. The maximum atomic E-state index is 11.7. The topological polar surface area (TPSA) is 64.2 Å². The van der Waals surface area contributed by atoms with Gasteiger partial charge in [0.05, 0.1) is 11.7 Å². The molecule has 2 N–H and O–H groups in total. The SMILES string of the molecule is CCN1C(=O)CC(N)C1c1cc(C)n(C)n1. The molecular weight excluding hydrogens is 204 g/mol. The first-order valence-electron chi connectivity index (χ1n) is 5.60. The standard InChI is InChI=1S/C11H18N4O/c1-4-15-10(16)6-8(12)11(15)9-5-7(2)14(3)13-9/h5,8,11H,4,6,12H2,1-3H3. The number of hydrogen-bond donors (Lipinski definition) is 1. The number of hydrogen-bond acceptors (Lipinski definition) is 3. The smallest absolute Gasteiger partial charge is 0.224 e. The number of likely N-dealkylation sites (tertiary alicyclic amines) is 1. The van der Waals surface area contributed by atoms with Gasteiger partial charge >= 0.3 is 0 Å². The normalized spacial score (nSPS) is 25.5. The molecule has 2 heterocycles. The number of rotatable bonds is 2. The molecule has 2 unspecified atom stereocenters. The van der Waals surface area contributed by atoms with Crippen molar-refractivity contribution in [1.29, 1.82) is 0 Å². The van der Waals surface area contributed by atoms with Gasteiger partial charge in [0, 0.05) is 31.7 Å². The molecule has 88 valence electrons. The molecule has 0 aromatic carbocycles. The van der Waals surface area contributed by atoms with Crippen molar-refractivity contribution in [3.05, 3.63) is 17.5 Å². The molecule has 0 aliphatic carbocycles. The Morgan fingerprint density at radius 3 is 2.81 bits per heavy atom. The average Bonchev–Trinajstić information content (AvgIpc) is 2.67. The minimum absolute atomic E-state index is 0.0580. The van der Waals surface area contributed by atoms with E-state index >= 15 is 0 Å². The zero-order valence-corrected chi connectivity index (χ0v) is 9.97. The zero-order chi connectivity index (χ0) is 11.9. The highest BCUT2D eigenvalue weighted by Crippen LogP contribution is 2.31. The van der Waals surface area contributed by atoms with E-state index < -0.39 is 0 Å². The molecule has 1 aromatic rings. The van der Waals surface area contributed by atoms with Gasteiger partial charge in [0.25, 0.3) is 0 Å². The molecule has 5 nitrogen and oxygen atoms in total. The van der Waals surface area contributed by atoms with Crippen molar-refractivity contribution in [1.82, 2.24) is 14.7 Å². The maximum absolute atomic E-state index is 11.7. The van der Waals surface area contributed by atoms with Crippen LogP contribution in [0.5, 0.6) is 0 Å². The number of aromatic nitrogens is 2. The summed E-state index contributed by atoms with van der Waals surface area (Å²) in [6, 6.07) is 1.81. The minimum Gasteiger partial charge on any atom is -0.333 e. The molecule has 1 aliphatic rings. The van der Waals surface area contributed by atoms with Crippen molar-refractivity contribution in [2.75, 3.05) is 6.54 Å². The van der Waals surface area contributed by atoms with Crippen LogP contribution in [0.1, 0.15) is 30.8 Å². The van der Waals surface area contributed by atoms with Gasteiger partial charge in [-0.3, -0.25) is 9.48 Å². The van der Waals surface area contributed by atoms with Crippen molar-refractivity contribution in [2.24, 2.45) is 12.8 Å². The maximum Gasteiger partial charge on any atom is 0.224 e. The van der Waals surface area contributed by atoms with E-state index in [0.717, 1.165) is 11.4 Å². The van der Waals surface area contributed by atoms with Gasteiger partial charge in [0.2, 0.25) is 5.91 Å². The number of nitrogens with two attached hydrogens (primary N) is 1. The Kier molecular flexibility index (Phi) is 2.71. The van der Waals surface area contributed by atoms with Crippen molar-refractivity contribution in [3.8, 4) is 0 Å². The fraction of sp³-hybridized carbons (Fsp3) is 0.636. The van der Waals surface area contributed by atoms with E-state index in [1.54, 1.807) is 0 Å². The molecule has 5 heteroatoms. The second-order valence-electron chi connectivity index (χ2n) is 4.33. The average molecular weight is 222 g/mol. The van der Waals surface area contributed by atoms with Crippen LogP contribution in [-0.2, 0) is 11.8 Å². The van der Waals surface area contributed by atoms with Gasteiger partial charge in [0.1, 0.15) is 0 Å². The second kappa shape index (κ2) is 3.90. The summed E-state index contributed by atoms with van der Waals surface area (Å²) in [5.74, 6) is 0.128. The lowest BCUT2D eigenvalue weighted by molar-refractivity contribution is -0.128. The van der Waals surface area contributed by atoms with E-state index in [4.69, 9.17) is 5.73 Å². The predicted octanol–water partition coefficient (Wildman–Crippen LogP) is 0.349. The first kappa shape index (κ1) is 11.1.